The van der Waals surface area contributed by atoms with E-state index in [1.54, 1.807) is 11.0 Å². The lowest BCUT2D eigenvalue weighted by Crippen LogP contribution is -2.39. The number of amides is 1. The van der Waals surface area contributed by atoms with Crippen LogP contribution in [0.1, 0.15) is 43.9 Å². The molecule has 5 heteroatoms. The Bertz CT molecular complexity index is 598. The number of rotatable bonds is 7. The minimum absolute atomic E-state index is 0.0843. The summed E-state index contributed by atoms with van der Waals surface area (Å²) >= 11 is 0. The van der Waals surface area contributed by atoms with Crippen LogP contribution in [-0.4, -0.2) is 28.5 Å². The highest BCUT2D eigenvalue weighted by Gasteiger charge is 2.27. The topological polar surface area (TPSA) is 70.5 Å². The average molecular weight is 316 g/mol. The number of hydrogen-bond donors (Lipinski definition) is 1. The molecule has 23 heavy (non-hydrogen) atoms. The summed E-state index contributed by atoms with van der Waals surface area (Å²) in [5.41, 5.74) is 1.94. The van der Waals surface area contributed by atoms with Crippen molar-refractivity contribution in [2.75, 3.05) is 11.4 Å². The molecular formula is C18H24N2O3. The second-order valence-corrected chi connectivity index (χ2v) is 6.05. The predicted molar refractivity (Wildman–Crippen MR) is 89.5 cm³/mol. The molecule has 0 aliphatic carbocycles. The van der Waals surface area contributed by atoms with Crippen LogP contribution in [0.5, 0.6) is 0 Å². The molecule has 2 rings (SSSR count). The van der Waals surface area contributed by atoms with Crippen LogP contribution in [0.3, 0.4) is 0 Å². The van der Waals surface area contributed by atoms with Crippen LogP contribution in [0.4, 0.5) is 5.82 Å². The van der Waals surface area contributed by atoms with Crippen molar-refractivity contribution in [1.82, 2.24) is 4.98 Å². The molecule has 1 aliphatic heterocycles. The van der Waals surface area contributed by atoms with Crippen LogP contribution in [0.15, 0.2) is 24.8 Å². The molecule has 0 saturated carbocycles. The second-order valence-electron chi connectivity index (χ2n) is 6.05. The summed E-state index contributed by atoms with van der Waals surface area (Å²) in [5, 5.41) is 8.73. The Labute approximate surface area is 137 Å². The van der Waals surface area contributed by atoms with Gasteiger partial charge in [0.15, 0.2) is 0 Å². The Morgan fingerprint density at radius 1 is 1.48 bits per heavy atom. The predicted octanol–water partition coefficient (Wildman–Crippen LogP) is 2.98. The van der Waals surface area contributed by atoms with Crippen molar-refractivity contribution in [1.29, 1.82) is 0 Å². The smallest absolute Gasteiger partial charge is 0.303 e. The van der Waals surface area contributed by atoms with Crippen molar-refractivity contribution in [3.05, 3.63) is 36.0 Å². The first kappa shape index (κ1) is 17.2. The fraction of sp³-hybridized carbons (Fsp3) is 0.500. The van der Waals surface area contributed by atoms with Gasteiger partial charge >= 0.3 is 5.97 Å². The quantitative estimate of drug-likeness (QED) is 0.785. The van der Waals surface area contributed by atoms with Crippen molar-refractivity contribution in [3.63, 3.8) is 0 Å². The second kappa shape index (κ2) is 7.90. The van der Waals surface area contributed by atoms with E-state index >= 15 is 0 Å². The van der Waals surface area contributed by atoms with E-state index in [1.165, 1.54) is 0 Å². The van der Waals surface area contributed by atoms with E-state index in [2.05, 4.69) is 11.6 Å². The largest absolute Gasteiger partial charge is 0.481 e. The molecule has 5 nitrogen and oxygen atoms in total. The van der Waals surface area contributed by atoms with Gasteiger partial charge in [-0.1, -0.05) is 19.1 Å². The van der Waals surface area contributed by atoms with Gasteiger partial charge in [0, 0.05) is 24.6 Å². The van der Waals surface area contributed by atoms with E-state index < -0.39 is 5.97 Å². The van der Waals surface area contributed by atoms with Crippen LogP contribution in [-0.2, 0) is 22.4 Å². The molecule has 0 aromatic carbocycles. The van der Waals surface area contributed by atoms with E-state index in [-0.39, 0.29) is 18.2 Å². The third-order valence-corrected chi connectivity index (χ3v) is 4.13. The number of carboxylic acids is 1. The number of fused-ring (bicyclic) bond motifs is 1. The summed E-state index contributed by atoms with van der Waals surface area (Å²) in [6.45, 7) is 6.31. The van der Waals surface area contributed by atoms with E-state index in [4.69, 9.17) is 5.11 Å². The molecule has 1 aromatic heterocycles. The molecule has 0 saturated heterocycles. The molecule has 1 N–H and O–H groups in total. The van der Waals surface area contributed by atoms with Gasteiger partial charge in [-0.15, -0.1) is 6.58 Å². The first-order chi connectivity index (χ1) is 11.0. The lowest BCUT2D eigenvalue weighted by atomic mass is 10.0. The molecule has 1 amide bonds. The normalized spacial score (nSPS) is 14.9. The van der Waals surface area contributed by atoms with Crippen molar-refractivity contribution in [2.45, 2.75) is 45.4 Å². The molecule has 0 spiro atoms. The van der Waals surface area contributed by atoms with Crippen LogP contribution in [0.2, 0.25) is 0 Å². The van der Waals surface area contributed by atoms with Gasteiger partial charge in [0.2, 0.25) is 5.91 Å². The number of nitrogens with zero attached hydrogens (tertiary/aromatic N) is 2. The van der Waals surface area contributed by atoms with Crippen molar-refractivity contribution >= 4 is 17.7 Å². The summed E-state index contributed by atoms with van der Waals surface area (Å²) in [6.07, 6.45) is 5.60. The highest BCUT2D eigenvalue weighted by Crippen LogP contribution is 2.27. The third kappa shape index (κ3) is 4.41. The minimum Gasteiger partial charge on any atom is -0.481 e. The number of allylic oxidation sites excluding steroid dienone is 1. The van der Waals surface area contributed by atoms with Crippen LogP contribution < -0.4 is 4.90 Å². The Morgan fingerprint density at radius 2 is 2.26 bits per heavy atom. The SMILES string of the molecule is C=CCC(C)C(=O)N1CCCc2ccc(CCCC(=O)O)nc21. The zero-order valence-corrected chi connectivity index (χ0v) is 13.6. The Morgan fingerprint density at radius 3 is 2.96 bits per heavy atom. The van der Waals surface area contributed by atoms with Gasteiger partial charge in [-0.05, 0) is 43.7 Å². The lowest BCUT2D eigenvalue weighted by molar-refractivity contribution is -0.137. The molecule has 0 fully saturated rings. The lowest BCUT2D eigenvalue weighted by Gasteiger charge is -2.30. The Balaban J connectivity index is 2.16. The van der Waals surface area contributed by atoms with Gasteiger partial charge in [-0.3, -0.25) is 14.5 Å². The number of pyridine rings is 1. The molecule has 0 radical (unpaired) electrons. The third-order valence-electron chi connectivity index (χ3n) is 4.13. The summed E-state index contributed by atoms with van der Waals surface area (Å²) in [5.74, 6) is -0.0556. The van der Waals surface area contributed by atoms with Crippen LogP contribution in [0.25, 0.3) is 0 Å². The summed E-state index contributed by atoms with van der Waals surface area (Å²) in [7, 11) is 0. The van der Waals surface area contributed by atoms with Gasteiger partial charge in [0.1, 0.15) is 5.82 Å². The molecule has 1 aromatic rings. The molecular weight excluding hydrogens is 292 g/mol. The number of carbonyl (C=O) groups excluding carboxylic acids is 1. The molecule has 2 heterocycles. The van der Waals surface area contributed by atoms with Gasteiger partial charge in [0.25, 0.3) is 0 Å². The number of aliphatic carboxylic acids is 1. The number of anilines is 1. The van der Waals surface area contributed by atoms with Gasteiger partial charge in [-0.2, -0.15) is 0 Å². The number of carbonyl (C=O) groups is 2. The van der Waals surface area contributed by atoms with E-state index in [9.17, 15) is 9.59 Å². The molecule has 0 bridgehead atoms. The van der Waals surface area contributed by atoms with E-state index in [0.29, 0.717) is 25.8 Å². The van der Waals surface area contributed by atoms with Crippen molar-refractivity contribution in [2.24, 2.45) is 5.92 Å². The first-order valence-corrected chi connectivity index (χ1v) is 8.15. The van der Waals surface area contributed by atoms with E-state index in [0.717, 1.165) is 29.9 Å². The van der Waals surface area contributed by atoms with Crippen LogP contribution in [0, 0.1) is 5.92 Å². The van der Waals surface area contributed by atoms with Crippen molar-refractivity contribution < 1.29 is 14.7 Å². The molecule has 1 aliphatic rings. The van der Waals surface area contributed by atoms with E-state index in [1.807, 2.05) is 19.1 Å². The standard InChI is InChI=1S/C18H24N2O3/c1-3-6-13(2)18(23)20-12-5-7-14-10-11-15(19-17(14)20)8-4-9-16(21)22/h3,10-11,13H,1,4-9,12H2,2H3,(H,21,22). The number of hydrogen-bond acceptors (Lipinski definition) is 3. The molecule has 1 unspecified atom stereocenters. The number of aryl methyl sites for hydroxylation is 2. The Hall–Kier alpha value is -2.17. The maximum absolute atomic E-state index is 12.6. The van der Waals surface area contributed by atoms with Crippen LogP contribution >= 0.6 is 0 Å². The molecule has 1 atom stereocenters. The highest BCUT2D eigenvalue weighted by molar-refractivity contribution is 5.95. The Kier molecular flexibility index (Phi) is 5.90. The average Bonchev–Trinajstić information content (AvgIpc) is 2.53. The first-order valence-electron chi connectivity index (χ1n) is 8.15. The van der Waals surface area contributed by atoms with Gasteiger partial charge < -0.3 is 5.11 Å². The maximum Gasteiger partial charge on any atom is 0.303 e. The summed E-state index contributed by atoms with van der Waals surface area (Å²) < 4.78 is 0. The zero-order valence-electron chi connectivity index (χ0n) is 13.6. The van der Waals surface area contributed by atoms with Gasteiger partial charge in [-0.25, -0.2) is 4.98 Å². The summed E-state index contributed by atoms with van der Waals surface area (Å²) in [6, 6.07) is 3.97. The number of aromatic nitrogens is 1. The fourth-order valence-electron chi connectivity index (χ4n) is 2.87. The summed E-state index contributed by atoms with van der Waals surface area (Å²) in [4.78, 5) is 29.7. The monoisotopic (exact) mass is 316 g/mol. The van der Waals surface area contributed by atoms with Gasteiger partial charge in [0.05, 0.1) is 0 Å². The maximum atomic E-state index is 12.6. The number of carboxylic acid groups (broad SMARTS) is 1. The molecule has 124 valence electrons. The zero-order chi connectivity index (χ0) is 16.8. The fourth-order valence-corrected chi connectivity index (χ4v) is 2.87. The minimum atomic E-state index is -0.794. The van der Waals surface area contributed by atoms with Crippen molar-refractivity contribution in [3.8, 4) is 0 Å². The highest BCUT2D eigenvalue weighted by atomic mass is 16.4.